The molecule has 6 nitrogen and oxygen atoms in total. The molecule has 1 saturated carbocycles. The Bertz CT molecular complexity index is 639. The van der Waals surface area contributed by atoms with E-state index in [1.54, 1.807) is 6.07 Å². The van der Waals surface area contributed by atoms with Crippen LogP contribution in [0.2, 0.25) is 0 Å². The normalized spacial score (nSPS) is 22.9. The van der Waals surface area contributed by atoms with Gasteiger partial charge in [-0.15, -0.1) is 0 Å². The second-order valence-corrected chi connectivity index (χ2v) is 7.02. The summed E-state index contributed by atoms with van der Waals surface area (Å²) in [4.78, 5) is 16.0. The number of amides is 1. The van der Waals surface area contributed by atoms with Crippen LogP contribution in [0.3, 0.4) is 0 Å². The maximum Gasteiger partial charge on any atom is 0.407 e. The van der Waals surface area contributed by atoms with Crippen LogP contribution in [0, 0.1) is 22.7 Å². The highest BCUT2D eigenvalue weighted by Crippen LogP contribution is 2.54. The van der Waals surface area contributed by atoms with Crippen molar-refractivity contribution in [2.45, 2.75) is 46.1 Å². The summed E-state index contributed by atoms with van der Waals surface area (Å²) < 4.78 is 11.1. The molecule has 130 valence electrons. The molecular formula is C18H25N3O3. The van der Waals surface area contributed by atoms with Gasteiger partial charge in [0.2, 0.25) is 0 Å². The van der Waals surface area contributed by atoms with Crippen molar-refractivity contribution in [1.29, 1.82) is 5.26 Å². The van der Waals surface area contributed by atoms with Crippen molar-refractivity contribution in [2.75, 3.05) is 13.2 Å². The Morgan fingerprint density at radius 1 is 1.58 bits per heavy atom. The monoisotopic (exact) mass is 331 g/mol. The summed E-state index contributed by atoms with van der Waals surface area (Å²) in [6.07, 6.45) is 4.81. The first-order valence-electron chi connectivity index (χ1n) is 8.24. The lowest BCUT2D eigenvalue weighted by atomic mass is 9.54. The van der Waals surface area contributed by atoms with E-state index in [4.69, 9.17) is 14.7 Å². The van der Waals surface area contributed by atoms with E-state index in [1.165, 1.54) is 18.8 Å². The zero-order chi connectivity index (χ0) is 17.8. The molecule has 2 rings (SSSR count). The average molecular weight is 331 g/mol. The van der Waals surface area contributed by atoms with Crippen LogP contribution in [0.15, 0.2) is 18.5 Å². The smallest absolute Gasteiger partial charge is 0.407 e. The van der Waals surface area contributed by atoms with Gasteiger partial charge < -0.3 is 14.8 Å². The molecule has 0 aromatic carbocycles. The number of pyridine rings is 1. The van der Waals surface area contributed by atoms with Gasteiger partial charge in [0.25, 0.3) is 0 Å². The standard InChI is InChI=1S/C18H25N3O3/c1-13-5-7-18(13,4)17(2,3)24-16(22)21-9-10-23-15-12-20-8-6-14(15)11-19/h6,8,12-13H,5,7,9-10H2,1-4H3,(H,21,22). The molecule has 1 aromatic rings. The third-order valence-corrected chi connectivity index (χ3v) is 5.44. The second-order valence-electron chi connectivity index (χ2n) is 7.02. The quantitative estimate of drug-likeness (QED) is 0.809. The molecule has 0 spiro atoms. The molecule has 0 bridgehead atoms. The molecule has 1 aliphatic carbocycles. The van der Waals surface area contributed by atoms with Gasteiger partial charge in [-0.05, 0) is 38.7 Å². The molecule has 2 unspecified atom stereocenters. The minimum atomic E-state index is -0.521. The fraction of sp³-hybridized carbons (Fsp3) is 0.611. The molecular weight excluding hydrogens is 306 g/mol. The predicted octanol–water partition coefficient (Wildman–Crippen LogP) is 3.27. The van der Waals surface area contributed by atoms with Gasteiger partial charge in [0, 0.05) is 11.6 Å². The fourth-order valence-corrected chi connectivity index (χ4v) is 3.05. The van der Waals surface area contributed by atoms with E-state index in [0.29, 0.717) is 23.8 Å². The van der Waals surface area contributed by atoms with Crippen molar-refractivity contribution >= 4 is 6.09 Å². The minimum absolute atomic E-state index is 0.0121. The van der Waals surface area contributed by atoms with Crippen LogP contribution in [0.1, 0.15) is 46.1 Å². The van der Waals surface area contributed by atoms with E-state index in [2.05, 4.69) is 24.1 Å². The fourth-order valence-electron chi connectivity index (χ4n) is 3.05. The van der Waals surface area contributed by atoms with Crippen LogP contribution in [0.5, 0.6) is 5.75 Å². The number of nitrogens with zero attached hydrogens (tertiary/aromatic N) is 2. The maximum absolute atomic E-state index is 12.0. The van der Waals surface area contributed by atoms with Crippen LogP contribution >= 0.6 is 0 Å². The van der Waals surface area contributed by atoms with Gasteiger partial charge in [0.1, 0.15) is 18.3 Å². The summed E-state index contributed by atoms with van der Waals surface area (Å²) in [5.41, 5.74) is -0.0915. The predicted molar refractivity (Wildman–Crippen MR) is 89.5 cm³/mol. The first kappa shape index (κ1) is 18.1. The number of nitrogens with one attached hydrogen (secondary N) is 1. The Hall–Kier alpha value is -2.29. The average Bonchev–Trinajstić information content (AvgIpc) is 2.56. The Balaban J connectivity index is 1.77. The minimum Gasteiger partial charge on any atom is -0.489 e. The van der Waals surface area contributed by atoms with Gasteiger partial charge in [-0.3, -0.25) is 4.98 Å². The molecule has 0 radical (unpaired) electrons. The number of carbonyl (C=O) groups is 1. The zero-order valence-corrected chi connectivity index (χ0v) is 14.8. The van der Waals surface area contributed by atoms with E-state index in [1.807, 2.05) is 19.9 Å². The van der Waals surface area contributed by atoms with Crippen molar-refractivity contribution in [3.8, 4) is 11.8 Å². The van der Waals surface area contributed by atoms with Crippen LogP contribution in [0.25, 0.3) is 0 Å². The van der Waals surface area contributed by atoms with Crippen LogP contribution in [-0.4, -0.2) is 29.8 Å². The lowest BCUT2D eigenvalue weighted by Crippen LogP contribution is -2.55. The number of hydrogen-bond acceptors (Lipinski definition) is 5. The van der Waals surface area contributed by atoms with E-state index >= 15 is 0 Å². The topological polar surface area (TPSA) is 84.2 Å². The van der Waals surface area contributed by atoms with Gasteiger partial charge in [0.05, 0.1) is 18.3 Å². The number of aromatic nitrogens is 1. The van der Waals surface area contributed by atoms with Crippen molar-refractivity contribution in [3.05, 3.63) is 24.0 Å². The molecule has 1 aliphatic rings. The molecule has 6 heteroatoms. The first-order valence-corrected chi connectivity index (χ1v) is 8.24. The highest BCUT2D eigenvalue weighted by atomic mass is 16.6. The molecule has 0 aliphatic heterocycles. The lowest BCUT2D eigenvalue weighted by Gasteiger charge is -2.54. The lowest BCUT2D eigenvalue weighted by molar-refractivity contribution is -0.130. The molecule has 1 heterocycles. The van der Waals surface area contributed by atoms with Gasteiger partial charge >= 0.3 is 6.09 Å². The number of hydrogen-bond donors (Lipinski definition) is 1. The molecule has 1 amide bonds. The number of ether oxygens (including phenoxy) is 2. The maximum atomic E-state index is 12.0. The van der Waals surface area contributed by atoms with Crippen LogP contribution in [-0.2, 0) is 4.74 Å². The van der Waals surface area contributed by atoms with E-state index in [0.717, 1.165) is 6.42 Å². The van der Waals surface area contributed by atoms with Crippen LogP contribution in [0.4, 0.5) is 4.79 Å². The number of alkyl carbamates (subject to hydrolysis) is 1. The van der Waals surface area contributed by atoms with E-state index in [-0.39, 0.29) is 12.0 Å². The van der Waals surface area contributed by atoms with Crippen molar-refractivity contribution in [1.82, 2.24) is 10.3 Å². The van der Waals surface area contributed by atoms with Crippen molar-refractivity contribution < 1.29 is 14.3 Å². The molecule has 1 N–H and O–H groups in total. The summed E-state index contributed by atoms with van der Waals surface area (Å²) >= 11 is 0. The van der Waals surface area contributed by atoms with Gasteiger partial charge in [-0.1, -0.05) is 13.8 Å². The van der Waals surface area contributed by atoms with Gasteiger partial charge in [-0.25, -0.2) is 4.79 Å². The third-order valence-electron chi connectivity index (χ3n) is 5.44. The number of rotatable bonds is 6. The first-order chi connectivity index (χ1) is 11.3. The highest BCUT2D eigenvalue weighted by Gasteiger charge is 2.53. The SMILES string of the molecule is CC1CCC1(C)C(C)(C)OC(=O)NCCOc1cnccc1C#N. The van der Waals surface area contributed by atoms with Crippen molar-refractivity contribution in [2.24, 2.45) is 11.3 Å². The van der Waals surface area contributed by atoms with Crippen molar-refractivity contribution in [3.63, 3.8) is 0 Å². The Kier molecular flexibility index (Phi) is 5.33. The zero-order valence-electron chi connectivity index (χ0n) is 14.8. The largest absolute Gasteiger partial charge is 0.489 e. The van der Waals surface area contributed by atoms with Gasteiger partial charge in [0.15, 0.2) is 5.75 Å². The summed E-state index contributed by atoms with van der Waals surface area (Å²) in [6.45, 7) is 8.83. The summed E-state index contributed by atoms with van der Waals surface area (Å²) in [6, 6.07) is 3.62. The van der Waals surface area contributed by atoms with Crippen LogP contribution < -0.4 is 10.1 Å². The summed E-state index contributed by atoms with van der Waals surface area (Å²) in [7, 11) is 0. The molecule has 1 aromatic heterocycles. The number of nitriles is 1. The molecule has 2 atom stereocenters. The summed E-state index contributed by atoms with van der Waals surface area (Å²) in [5.74, 6) is 0.949. The Labute approximate surface area is 143 Å². The van der Waals surface area contributed by atoms with E-state index < -0.39 is 11.7 Å². The molecule has 1 fully saturated rings. The van der Waals surface area contributed by atoms with Gasteiger partial charge in [-0.2, -0.15) is 5.26 Å². The molecule has 0 saturated heterocycles. The number of carbonyl (C=O) groups excluding carboxylic acids is 1. The molecule has 24 heavy (non-hydrogen) atoms. The Morgan fingerprint density at radius 3 is 2.92 bits per heavy atom. The Morgan fingerprint density at radius 2 is 2.33 bits per heavy atom. The third kappa shape index (κ3) is 3.61. The van der Waals surface area contributed by atoms with E-state index in [9.17, 15) is 4.79 Å². The highest BCUT2D eigenvalue weighted by molar-refractivity contribution is 5.67. The summed E-state index contributed by atoms with van der Waals surface area (Å²) in [5, 5.41) is 11.7. The second kappa shape index (κ2) is 7.08.